The SMILES string of the molecule is Cc1ccc2c(c1)CO[C@H]2C(F)(F)F. The molecule has 0 saturated carbocycles. The lowest BCUT2D eigenvalue weighted by Crippen LogP contribution is -2.19. The number of ether oxygens (including phenoxy) is 1. The van der Waals surface area contributed by atoms with Gasteiger partial charge >= 0.3 is 6.18 Å². The van der Waals surface area contributed by atoms with Gasteiger partial charge in [-0.1, -0.05) is 23.8 Å². The van der Waals surface area contributed by atoms with Crippen molar-refractivity contribution in [3.8, 4) is 0 Å². The summed E-state index contributed by atoms with van der Waals surface area (Å²) in [5, 5.41) is 0. The van der Waals surface area contributed by atoms with Crippen LogP contribution in [0, 0.1) is 6.92 Å². The van der Waals surface area contributed by atoms with Crippen LogP contribution in [0.4, 0.5) is 13.2 Å². The maximum atomic E-state index is 12.4. The van der Waals surface area contributed by atoms with Crippen LogP contribution in [0.5, 0.6) is 0 Å². The number of aryl methyl sites for hydroxylation is 1. The molecule has 76 valence electrons. The second-order valence-corrected chi connectivity index (χ2v) is 3.43. The van der Waals surface area contributed by atoms with E-state index in [4.69, 9.17) is 4.74 Å². The first kappa shape index (κ1) is 9.52. The van der Waals surface area contributed by atoms with Crippen LogP contribution in [0.2, 0.25) is 0 Å². The van der Waals surface area contributed by atoms with Gasteiger partial charge in [0.25, 0.3) is 0 Å². The van der Waals surface area contributed by atoms with Gasteiger partial charge in [-0.25, -0.2) is 0 Å². The van der Waals surface area contributed by atoms with E-state index in [1.807, 2.05) is 6.92 Å². The Labute approximate surface area is 79.5 Å². The minimum atomic E-state index is -4.31. The molecule has 0 aromatic heterocycles. The third kappa shape index (κ3) is 1.50. The van der Waals surface area contributed by atoms with Gasteiger partial charge in [-0.3, -0.25) is 0 Å². The summed E-state index contributed by atoms with van der Waals surface area (Å²) < 4.78 is 42.0. The van der Waals surface area contributed by atoms with Crippen LogP contribution in [0.1, 0.15) is 22.8 Å². The molecule has 2 rings (SSSR count). The molecule has 0 aliphatic carbocycles. The minimum absolute atomic E-state index is 0.0567. The highest BCUT2D eigenvalue weighted by Gasteiger charge is 2.45. The molecule has 0 saturated heterocycles. The van der Waals surface area contributed by atoms with Crippen molar-refractivity contribution < 1.29 is 17.9 Å². The zero-order chi connectivity index (χ0) is 10.3. The molecule has 0 fully saturated rings. The van der Waals surface area contributed by atoms with Gasteiger partial charge in [-0.2, -0.15) is 13.2 Å². The number of hydrogen-bond acceptors (Lipinski definition) is 1. The Morgan fingerprint density at radius 3 is 2.71 bits per heavy atom. The van der Waals surface area contributed by atoms with Gasteiger partial charge in [-0.05, 0) is 18.1 Å². The fourth-order valence-corrected chi connectivity index (χ4v) is 1.65. The number of alkyl halides is 3. The van der Waals surface area contributed by atoms with Crippen LogP contribution in [0.25, 0.3) is 0 Å². The summed E-state index contributed by atoms with van der Waals surface area (Å²) in [7, 11) is 0. The molecule has 4 heteroatoms. The largest absolute Gasteiger partial charge is 0.418 e. The van der Waals surface area contributed by atoms with E-state index in [0.29, 0.717) is 5.56 Å². The van der Waals surface area contributed by atoms with E-state index < -0.39 is 12.3 Å². The van der Waals surface area contributed by atoms with Crippen molar-refractivity contribution in [1.29, 1.82) is 0 Å². The van der Waals surface area contributed by atoms with E-state index >= 15 is 0 Å². The normalized spacial score (nSPS) is 21.0. The summed E-state index contributed by atoms with van der Waals surface area (Å²) in [5.41, 5.74) is 1.85. The van der Waals surface area contributed by atoms with E-state index in [0.717, 1.165) is 5.56 Å². The number of fused-ring (bicyclic) bond motifs is 1. The Morgan fingerprint density at radius 1 is 1.36 bits per heavy atom. The fraction of sp³-hybridized carbons (Fsp3) is 0.400. The zero-order valence-electron chi connectivity index (χ0n) is 7.56. The monoisotopic (exact) mass is 202 g/mol. The van der Waals surface area contributed by atoms with Gasteiger partial charge in [0.05, 0.1) is 6.61 Å². The summed E-state index contributed by atoms with van der Waals surface area (Å²) in [4.78, 5) is 0. The first-order valence-electron chi connectivity index (χ1n) is 4.26. The predicted molar refractivity (Wildman–Crippen MR) is 44.8 cm³/mol. The summed E-state index contributed by atoms with van der Waals surface area (Å²) in [6, 6.07) is 4.91. The molecular formula is C10H9F3O. The lowest BCUT2D eigenvalue weighted by Gasteiger charge is -2.14. The second-order valence-electron chi connectivity index (χ2n) is 3.43. The molecule has 0 unspecified atom stereocenters. The van der Waals surface area contributed by atoms with Gasteiger partial charge in [-0.15, -0.1) is 0 Å². The Hall–Kier alpha value is -1.03. The van der Waals surface area contributed by atoms with Crippen molar-refractivity contribution in [2.75, 3.05) is 0 Å². The number of rotatable bonds is 0. The first-order valence-corrected chi connectivity index (χ1v) is 4.26. The van der Waals surface area contributed by atoms with Crippen LogP contribution in [-0.4, -0.2) is 6.18 Å². The molecule has 1 aliphatic rings. The molecule has 1 nitrogen and oxygen atoms in total. The van der Waals surface area contributed by atoms with Gasteiger partial charge in [0.1, 0.15) is 0 Å². The second kappa shape index (κ2) is 2.98. The van der Waals surface area contributed by atoms with Crippen molar-refractivity contribution in [2.45, 2.75) is 25.8 Å². The third-order valence-corrected chi connectivity index (χ3v) is 2.28. The summed E-state index contributed by atoms with van der Waals surface area (Å²) in [6.07, 6.45) is -6.04. The smallest absolute Gasteiger partial charge is 0.359 e. The molecule has 0 spiro atoms. The highest BCUT2D eigenvalue weighted by atomic mass is 19.4. The molecule has 1 heterocycles. The standard InChI is InChI=1S/C10H9F3O/c1-6-2-3-8-7(4-6)5-14-9(8)10(11,12)13/h2-4,9H,5H2,1H3/t9-/m1/s1. The van der Waals surface area contributed by atoms with Crippen LogP contribution in [-0.2, 0) is 11.3 Å². The Morgan fingerprint density at radius 2 is 2.07 bits per heavy atom. The Kier molecular flexibility index (Phi) is 2.03. The topological polar surface area (TPSA) is 9.23 Å². The lowest BCUT2D eigenvalue weighted by molar-refractivity contribution is -0.219. The predicted octanol–water partition coefficient (Wildman–Crippen LogP) is 3.13. The van der Waals surface area contributed by atoms with Crippen molar-refractivity contribution in [1.82, 2.24) is 0 Å². The van der Waals surface area contributed by atoms with Gasteiger partial charge < -0.3 is 4.74 Å². The van der Waals surface area contributed by atoms with Gasteiger partial charge in [0, 0.05) is 0 Å². The van der Waals surface area contributed by atoms with Crippen molar-refractivity contribution in [3.63, 3.8) is 0 Å². The average molecular weight is 202 g/mol. The van der Waals surface area contributed by atoms with E-state index in [2.05, 4.69) is 0 Å². The van der Waals surface area contributed by atoms with E-state index in [1.165, 1.54) is 6.07 Å². The molecule has 0 N–H and O–H groups in total. The average Bonchev–Trinajstić information content (AvgIpc) is 2.45. The minimum Gasteiger partial charge on any atom is -0.359 e. The number of halogens is 3. The third-order valence-electron chi connectivity index (χ3n) is 2.28. The summed E-state index contributed by atoms with van der Waals surface area (Å²) >= 11 is 0. The molecule has 1 atom stereocenters. The maximum Gasteiger partial charge on any atom is 0.418 e. The molecule has 0 bridgehead atoms. The summed E-state index contributed by atoms with van der Waals surface area (Å²) in [6.45, 7) is 1.91. The lowest BCUT2D eigenvalue weighted by atomic mass is 10.0. The molecule has 0 radical (unpaired) electrons. The molecule has 1 aromatic carbocycles. The van der Waals surface area contributed by atoms with E-state index in [-0.39, 0.29) is 12.2 Å². The highest BCUT2D eigenvalue weighted by molar-refractivity contribution is 5.35. The molecular weight excluding hydrogens is 193 g/mol. The molecule has 1 aromatic rings. The van der Waals surface area contributed by atoms with Gasteiger partial charge in [0.2, 0.25) is 0 Å². The van der Waals surface area contributed by atoms with Crippen LogP contribution >= 0.6 is 0 Å². The van der Waals surface area contributed by atoms with Gasteiger partial charge in [0.15, 0.2) is 6.10 Å². The summed E-state index contributed by atoms with van der Waals surface area (Å²) in [5.74, 6) is 0. The van der Waals surface area contributed by atoms with Crippen molar-refractivity contribution in [2.24, 2.45) is 0 Å². The van der Waals surface area contributed by atoms with E-state index in [9.17, 15) is 13.2 Å². The van der Waals surface area contributed by atoms with Crippen LogP contribution in [0.15, 0.2) is 18.2 Å². The van der Waals surface area contributed by atoms with Crippen molar-refractivity contribution >= 4 is 0 Å². The first-order chi connectivity index (χ1) is 6.48. The fourth-order valence-electron chi connectivity index (χ4n) is 1.65. The highest BCUT2D eigenvalue weighted by Crippen LogP contribution is 2.42. The van der Waals surface area contributed by atoms with Crippen molar-refractivity contribution in [3.05, 3.63) is 34.9 Å². The zero-order valence-corrected chi connectivity index (χ0v) is 7.56. The Bertz CT molecular complexity index is 357. The molecule has 1 aliphatic heterocycles. The Balaban J connectivity index is 2.41. The number of benzene rings is 1. The quantitative estimate of drug-likeness (QED) is 0.628. The van der Waals surface area contributed by atoms with Crippen LogP contribution in [0.3, 0.4) is 0 Å². The van der Waals surface area contributed by atoms with E-state index in [1.54, 1.807) is 12.1 Å². The molecule has 14 heavy (non-hydrogen) atoms. The molecule has 0 amide bonds. The van der Waals surface area contributed by atoms with Crippen LogP contribution < -0.4 is 0 Å². The number of hydrogen-bond donors (Lipinski definition) is 0. The maximum absolute atomic E-state index is 12.4.